The van der Waals surface area contributed by atoms with Crippen molar-refractivity contribution in [2.45, 2.75) is 33.1 Å². The second-order valence-electron chi connectivity index (χ2n) is 2.94. The monoisotopic (exact) mass is 148 g/mol. The molecule has 0 aromatic carbocycles. The SMILES string of the molecule is C/C=C1/C=CC(CCCC)=C1. The molecule has 1 rings (SSSR count). The van der Waals surface area contributed by atoms with Crippen LogP contribution in [0.4, 0.5) is 0 Å². The average Bonchev–Trinajstić information content (AvgIpc) is 2.48. The van der Waals surface area contributed by atoms with Crippen LogP contribution in [0.3, 0.4) is 0 Å². The van der Waals surface area contributed by atoms with Crippen LogP contribution in [-0.4, -0.2) is 0 Å². The van der Waals surface area contributed by atoms with E-state index in [2.05, 4.69) is 38.2 Å². The van der Waals surface area contributed by atoms with Crippen molar-refractivity contribution < 1.29 is 0 Å². The quantitative estimate of drug-likeness (QED) is 0.573. The lowest BCUT2D eigenvalue weighted by Gasteiger charge is -1.94. The highest BCUT2D eigenvalue weighted by atomic mass is 14.0. The zero-order valence-electron chi connectivity index (χ0n) is 7.43. The highest BCUT2D eigenvalue weighted by molar-refractivity contribution is 5.45. The molecule has 1 aliphatic carbocycles. The maximum atomic E-state index is 2.27. The van der Waals surface area contributed by atoms with Gasteiger partial charge >= 0.3 is 0 Å². The van der Waals surface area contributed by atoms with E-state index >= 15 is 0 Å². The normalized spacial score (nSPS) is 19.5. The molecule has 0 radical (unpaired) electrons. The van der Waals surface area contributed by atoms with E-state index in [1.54, 1.807) is 0 Å². The number of unbranched alkanes of at least 4 members (excludes halogenated alkanes) is 1. The van der Waals surface area contributed by atoms with Gasteiger partial charge in [0, 0.05) is 0 Å². The molecule has 0 nitrogen and oxygen atoms in total. The number of rotatable bonds is 3. The second kappa shape index (κ2) is 4.17. The molecule has 0 amide bonds. The molecule has 1 aliphatic rings. The second-order valence-corrected chi connectivity index (χ2v) is 2.94. The van der Waals surface area contributed by atoms with Gasteiger partial charge in [0.15, 0.2) is 0 Å². The van der Waals surface area contributed by atoms with Gasteiger partial charge in [0.05, 0.1) is 0 Å². The van der Waals surface area contributed by atoms with Gasteiger partial charge in [-0.3, -0.25) is 0 Å². The molecule has 0 spiro atoms. The third-order valence-corrected chi connectivity index (χ3v) is 1.99. The number of hydrogen-bond acceptors (Lipinski definition) is 0. The lowest BCUT2D eigenvalue weighted by molar-refractivity contribution is 0.799. The predicted octanol–water partition coefficient (Wildman–Crippen LogP) is 3.62. The van der Waals surface area contributed by atoms with Crippen molar-refractivity contribution in [1.29, 1.82) is 0 Å². The zero-order chi connectivity index (χ0) is 8.10. The van der Waals surface area contributed by atoms with Gasteiger partial charge in [-0.15, -0.1) is 0 Å². The van der Waals surface area contributed by atoms with E-state index in [-0.39, 0.29) is 0 Å². The maximum absolute atomic E-state index is 2.27. The fraction of sp³-hybridized carbons (Fsp3) is 0.455. The largest absolute Gasteiger partial charge is 0.0804 e. The number of allylic oxidation sites excluding steroid dienone is 6. The summed E-state index contributed by atoms with van der Waals surface area (Å²) in [5.74, 6) is 0. The van der Waals surface area contributed by atoms with Crippen LogP contribution in [0.2, 0.25) is 0 Å². The first-order chi connectivity index (χ1) is 5.36. The number of hydrogen-bond donors (Lipinski definition) is 0. The van der Waals surface area contributed by atoms with E-state index in [4.69, 9.17) is 0 Å². The van der Waals surface area contributed by atoms with Crippen molar-refractivity contribution in [1.82, 2.24) is 0 Å². The van der Waals surface area contributed by atoms with Crippen LogP contribution in [0, 0.1) is 0 Å². The summed E-state index contributed by atoms with van der Waals surface area (Å²) in [6, 6.07) is 0. The van der Waals surface area contributed by atoms with Crippen molar-refractivity contribution in [2.75, 3.05) is 0 Å². The Balaban J connectivity index is 2.44. The summed E-state index contributed by atoms with van der Waals surface area (Å²) in [7, 11) is 0. The van der Waals surface area contributed by atoms with E-state index in [9.17, 15) is 0 Å². The van der Waals surface area contributed by atoms with Gasteiger partial charge in [-0.05, 0) is 30.9 Å². The molecule has 0 aliphatic heterocycles. The highest BCUT2D eigenvalue weighted by Gasteiger charge is 1.99. The lowest BCUT2D eigenvalue weighted by Crippen LogP contribution is -1.75. The third kappa shape index (κ3) is 2.38. The van der Waals surface area contributed by atoms with Crippen LogP contribution in [0.1, 0.15) is 33.1 Å². The Morgan fingerprint density at radius 2 is 2.18 bits per heavy atom. The summed E-state index contributed by atoms with van der Waals surface area (Å²) in [6.07, 6.45) is 12.7. The van der Waals surface area contributed by atoms with E-state index in [0.29, 0.717) is 0 Å². The zero-order valence-corrected chi connectivity index (χ0v) is 7.43. The molecule has 60 valence electrons. The van der Waals surface area contributed by atoms with Crippen LogP contribution >= 0.6 is 0 Å². The Kier molecular flexibility index (Phi) is 3.15. The molecule has 0 N–H and O–H groups in total. The van der Waals surface area contributed by atoms with E-state index in [1.165, 1.54) is 30.4 Å². The molecule has 0 aromatic rings. The molecule has 0 bridgehead atoms. The van der Waals surface area contributed by atoms with Crippen LogP contribution in [0.25, 0.3) is 0 Å². The molecule has 0 fully saturated rings. The Bertz CT molecular complexity index is 204. The van der Waals surface area contributed by atoms with Crippen molar-refractivity contribution in [3.05, 3.63) is 35.5 Å². The van der Waals surface area contributed by atoms with Gasteiger partial charge in [-0.25, -0.2) is 0 Å². The van der Waals surface area contributed by atoms with Gasteiger partial charge < -0.3 is 0 Å². The fourth-order valence-corrected chi connectivity index (χ4v) is 1.23. The maximum Gasteiger partial charge on any atom is -0.0279 e. The van der Waals surface area contributed by atoms with Crippen molar-refractivity contribution in [3.8, 4) is 0 Å². The van der Waals surface area contributed by atoms with Crippen LogP contribution in [0.15, 0.2) is 35.5 Å². The van der Waals surface area contributed by atoms with E-state index in [0.717, 1.165) is 0 Å². The first-order valence-electron chi connectivity index (χ1n) is 4.41. The van der Waals surface area contributed by atoms with Crippen molar-refractivity contribution in [3.63, 3.8) is 0 Å². The Hall–Kier alpha value is -0.780. The van der Waals surface area contributed by atoms with E-state index < -0.39 is 0 Å². The minimum absolute atomic E-state index is 1.24. The van der Waals surface area contributed by atoms with Gasteiger partial charge in [-0.1, -0.05) is 37.6 Å². The molecule has 11 heavy (non-hydrogen) atoms. The smallest absolute Gasteiger partial charge is 0.0279 e. The molecule has 0 atom stereocenters. The van der Waals surface area contributed by atoms with Gasteiger partial charge in [0.25, 0.3) is 0 Å². The summed E-state index contributed by atoms with van der Waals surface area (Å²) in [5.41, 5.74) is 2.84. The van der Waals surface area contributed by atoms with E-state index in [1.807, 2.05) is 0 Å². The van der Waals surface area contributed by atoms with Gasteiger partial charge in [0.1, 0.15) is 0 Å². The molecule has 0 saturated carbocycles. The summed E-state index contributed by atoms with van der Waals surface area (Å²) in [4.78, 5) is 0. The van der Waals surface area contributed by atoms with Gasteiger partial charge in [0.2, 0.25) is 0 Å². The molecule has 0 heterocycles. The Morgan fingerprint density at radius 3 is 2.73 bits per heavy atom. The third-order valence-electron chi connectivity index (χ3n) is 1.99. The molecular formula is C11H16. The lowest BCUT2D eigenvalue weighted by atomic mass is 10.1. The minimum Gasteiger partial charge on any atom is -0.0804 e. The van der Waals surface area contributed by atoms with Crippen LogP contribution in [-0.2, 0) is 0 Å². The predicted molar refractivity (Wildman–Crippen MR) is 50.5 cm³/mol. The van der Waals surface area contributed by atoms with Crippen LogP contribution < -0.4 is 0 Å². The first-order valence-corrected chi connectivity index (χ1v) is 4.41. The summed E-state index contributed by atoms with van der Waals surface area (Å²) >= 11 is 0. The standard InChI is InChI=1S/C11H16/c1-3-5-6-11-8-7-10(4-2)9-11/h4,7-9H,3,5-6H2,1-2H3/b10-4-. The van der Waals surface area contributed by atoms with Crippen molar-refractivity contribution >= 4 is 0 Å². The first kappa shape index (κ1) is 8.32. The highest BCUT2D eigenvalue weighted by Crippen LogP contribution is 2.19. The molecule has 0 unspecified atom stereocenters. The summed E-state index contributed by atoms with van der Waals surface area (Å²) in [6.45, 7) is 4.31. The summed E-state index contributed by atoms with van der Waals surface area (Å²) < 4.78 is 0. The van der Waals surface area contributed by atoms with Crippen LogP contribution in [0.5, 0.6) is 0 Å². The Labute approximate surface area is 69.3 Å². The Morgan fingerprint density at radius 1 is 1.36 bits per heavy atom. The molecule has 0 saturated heterocycles. The van der Waals surface area contributed by atoms with Gasteiger partial charge in [-0.2, -0.15) is 0 Å². The topological polar surface area (TPSA) is 0 Å². The molecule has 0 aromatic heterocycles. The molecular weight excluding hydrogens is 132 g/mol. The van der Waals surface area contributed by atoms with Crippen molar-refractivity contribution in [2.24, 2.45) is 0 Å². The average molecular weight is 148 g/mol. The fourth-order valence-electron chi connectivity index (χ4n) is 1.23. The molecule has 0 heteroatoms. The summed E-state index contributed by atoms with van der Waals surface area (Å²) in [5, 5.41) is 0. The minimum atomic E-state index is 1.24.